The summed E-state index contributed by atoms with van der Waals surface area (Å²) in [5.74, 6) is -0.471. The number of nitro benzene ring substituents is 1. The molecule has 7 heteroatoms. The van der Waals surface area contributed by atoms with Gasteiger partial charge in [-0.2, -0.15) is 0 Å². The van der Waals surface area contributed by atoms with Crippen molar-refractivity contribution in [2.24, 2.45) is 5.92 Å². The van der Waals surface area contributed by atoms with E-state index >= 15 is 0 Å². The van der Waals surface area contributed by atoms with Gasteiger partial charge in [0.15, 0.2) is 0 Å². The predicted octanol–water partition coefficient (Wildman–Crippen LogP) is 1.41. The van der Waals surface area contributed by atoms with E-state index in [1.807, 2.05) is 0 Å². The lowest BCUT2D eigenvalue weighted by Crippen LogP contribution is -2.35. The second-order valence-corrected chi connectivity index (χ2v) is 5.44. The number of hydrogen-bond acceptors (Lipinski definition) is 5. The molecule has 1 fully saturated rings. The molecule has 0 spiro atoms. The first-order valence-electron chi connectivity index (χ1n) is 6.88. The van der Waals surface area contributed by atoms with Gasteiger partial charge in [0.2, 0.25) is 0 Å². The Morgan fingerprint density at radius 1 is 1.52 bits per heavy atom. The van der Waals surface area contributed by atoms with E-state index in [1.54, 1.807) is 7.05 Å². The standard InChI is InChI=1S/C14H19N3O4/c1-16(8-9-4-2-7-12(9)18)14(19)13-10(15)5-3-6-11(13)17(20)21/h3,5-6,9,12,18H,2,4,7-8,15H2,1H3. The number of amides is 1. The summed E-state index contributed by atoms with van der Waals surface area (Å²) in [4.78, 5) is 24.3. The van der Waals surface area contributed by atoms with Gasteiger partial charge in [0.25, 0.3) is 11.6 Å². The molecule has 1 aromatic carbocycles. The quantitative estimate of drug-likeness (QED) is 0.495. The van der Waals surface area contributed by atoms with Gasteiger partial charge in [0.1, 0.15) is 5.56 Å². The average Bonchev–Trinajstić information content (AvgIpc) is 2.83. The van der Waals surface area contributed by atoms with Crippen LogP contribution in [-0.2, 0) is 0 Å². The number of aliphatic hydroxyl groups is 1. The van der Waals surface area contributed by atoms with Crippen LogP contribution in [0.2, 0.25) is 0 Å². The van der Waals surface area contributed by atoms with Crippen molar-refractivity contribution in [3.05, 3.63) is 33.9 Å². The van der Waals surface area contributed by atoms with Crippen molar-refractivity contribution in [2.45, 2.75) is 25.4 Å². The average molecular weight is 293 g/mol. The number of nitrogens with zero attached hydrogens (tertiary/aromatic N) is 2. The van der Waals surface area contributed by atoms with Crippen molar-refractivity contribution >= 4 is 17.3 Å². The Labute approximate surface area is 122 Å². The number of carbonyl (C=O) groups is 1. The highest BCUT2D eigenvalue weighted by atomic mass is 16.6. The van der Waals surface area contributed by atoms with Gasteiger partial charge in [-0.3, -0.25) is 14.9 Å². The Balaban J connectivity index is 2.21. The normalized spacial score (nSPS) is 21.2. The lowest BCUT2D eigenvalue weighted by Gasteiger charge is -2.23. The fraction of sp³-hybridized carbons (Fsp3) is 0.500. The van der Waals surface area contributed by atoms with Crippen molar-refractivity contribution in [3.63, 3.8) is 0 Å². The molecule has 0 radical (unpaired) electrons. The summed E-state index contributed by atoms with van der Waals surface area (Å²) in [6, 6.07) is 4.19. The molecule has 1 aliphatic carbocycles. The van der Waals surface area contributed by atoms with Crippen LogP contribution in [0.3, 0.4) is 0 Å². The smallest absolute Gasteiger partial charge is 0.284 e. The third kappa shape index (κ3) is 3.13. The monoisotopic (exact) mass is 293 g/mol. The minimum atomic E-state index is -0.609. The Hall–Kier alpha value is -2.15. The van der Waals surface area contributed by atoms with Crippen LogP contribution in [0.15, 0.2) is 18.2 Å². The maximum absolute atomic E-state index is 12.4. The van der Waals surface area contributed by atoms with E-state index in [9.17, 15) is 20.0 Å². The molecule has 0 bridgehead atoms. The Kier molecular flexibility index (Phi) is 4.42. The zero-order chi connectivity index (χ0) is 15.6. The molecule has 1 aromatic rings. The van der Waals surface area contributed by atoms with Crippen LogP contribution < -0.4 is 5.73 Å². The minimum Gasteiger partial charge on any atom is -0.398 e. The number of aliphatic hydroxyl groups excluding tert-OH is 1. The van der Waals surface area contributed by atoms with Crippen LogP contribution >= 0.6 is 0 Å². The van der Waals surface area contributed by atoms with E-state index in [0.29, 0.717) is 6.54 Å². The molecule has 0 heterocycles. The van der Waals surface area contributed by atoms with E-state index in [1.165, 1.54) is 23.1 Å². The molecule has 0 aliphatic heterocycles. The summed E-state index contributed by atoms with van der Waals surface area (Å²) >= 11 is 0. The largest absolute Gasteiger partial charge is 0.398 e. The molecule has 1 aliphatic rings. The summed E-state index contributed by atoms with van der Waals surface area (Å²) in [5.41, 5.74) is 5.44. The Bertz CT molecular complexity index is 561. The highest BCUT2D eigenvalue weighted by molar-refractivity contribution is 6.02. The summed E-state index contributed by atoms with van der Waals surface area (Å²) in [5, 5.41) is 20.9. The van der Waals surface area contributed by atoms with Crippen molar-refractivity contribution < 1.29 is 14.8 Å². The SMILES string of the molecule is CN(CC1CCCC1O)C(=O)c1c(N)cccc1[N+](=O)[O-]. The summed E-state index contributed by atoms with van der Waals surface area (Å²) < 4.78 is 0. The number of benzene rings is 1. The molecule has 0 aromatic heterocycles. The Morgan fingerprint density at radius 3 is 2.81 bits per heavy atom. The molecule has 7 nitrogen and oxygen atoms in total. The fourth-order valence-corrected chi connectivity index (χ4v) is 2.80. The first-order chi connectivity index (χ1) is 9.91. The summed E-state index contributed by atoms with van der Waals surface area (Å²) in [6.07, 6.45) is 2.11. The minimum absolute atomic E-state index is 0.0166. The molecule has 114 valence electrons. The lowest BCUT2D eigenvalue weighted by molar-refractivity contribution is -0.385. The third-order valence-corrected chi connectivity index (χ3v) is 3.96. The number of nitrogens with two attached hydrogens (primary N) is 1. The van der Waals surface area contributed by atoms with Crippen LogP contribution in [0, 0.1) is 16.0 Å². The van der Waals surface area contributed by atoms with Gasteiger partial charge >= 0.3 is 0 Å². The second kappa shape index (κ2) is 6.09. The van der Waals surface area contributed by atoms with Crippen molar-refractivity contribution in [1.82, 2.24) is 4.90 Å². The summed E-state index contributed by atoms with van der Waals surface area (Å²) in [6.45, 7) is 0.367. The van der Waals surface area contributed by atoms with Gasteiger partial charge in [-0.1, -0.05) is 12.5 Å². The molecule has 2 atom stereocenters. The molecular formula is C14H19N3O4. The van der Waals surface area contributed by atoms with E-state index in [0.717, 1.165) is 19.3 Å². The highest BCUT2D eigenvalue weighted by Gasteiger charge is 2.30. The molecule has 2 unspecified atom stereocenters. The van der Waals surface area contributed by atoms with Crippen LogP contribution in [-0.4, -0.2) is 40.5 Å². The van der Waals surface area contributed by atoms with Crippen LogP contribution in [0.5, 0.6) is 0 Å². The molecule has 0 saturated heterocycles. The van der Waals surface area contributed by atoms with Crippen molar-refractivity contribution in [1.29, 1.82) is 0 Å². The maximum atomic E-state index is 12.4. The van der Waals surface area contributed by atoms with E-state index in [2.05, 4.69) is 0 Å². The van der Waals surface area contributed by atoms with Gasteiger partial charge in [-0.25, -0.2) is 0 Å². The first kappa shape index (κ1) is 15.2. The van der Waals surface area contributed by atoms with E-state index < -0.39 is 16.9 Å². The van der Waals surface area contributed by atoms with Crippen LogP contribution in [0.1, 0.15) is 29.6 Å². The molecule has 2 rings (SSSR count). The van der Waals surface area contributed by atoms with Crippen molar-refractivity contribution in [2.75, 3.05) is 19.3 Å². The zero-order valence-corrected chi connectivity index (χ0v) is 11.9. The molecular weight excluding hydrogens is 274 g/mol. The zero-order valence-electron chi connectivity index (χ0n) is 11.9. The first-order valence-corrected chi connectivity index (χ1v) is 6.88. The van der Waals surface area contributed by atoms with Gasteiger partial charge < -0.3 is 15.7 Å². The molecule has 21 heavy (non-hydrogen) atoms. The van der Waals surface area contributed by atoms with Crippen molar-refractivity contribution in [3.8, 4) is 0 Å². The van der Waals surface area contributed by atoms with Gasteiger partial charge in [-0.05, 0) is 18.9 Å². The van der Waals surface area contributed by atoms with Crippen LogP contribution in [0.4, 0.5) is 11.4 Å². The topological polar surface area (TPSA) is 110 Å². The fourth-order valence-electron chi connectivity index (χ4n) is 2.80. The molecule has 3 N–H and O–H groups in total. The van der Waals surface area contributed by atoms with E-state index in [-0.39, 0.29) is 22.9 Å². The maximum Gasteiger partial charge on any atom is 0.284 e. The number of carbonyl (C=O) groups excluding carboxylic acids is 1. The van der Waals surface area contributed by atoms with Crippen LogP contribution in [0.25, 0.3) is 0 Å². The highest BCUT2D eigenvalue weighted by Crippen LogP contribution is 2.29. The number of anilines is 1. The number of hydrogen-bond donors (Lipinski definition) is 2. The second-order valence-electron chi connectivity index (χ2n) is 5.44. The van der Waals surface area contributed by atoms with Gasteiger partial charge in [0.05, 0.1) is 16.7 Å². The Morgan fingerprint density at radius 2 is 2.24 bits per heavy atom. The lowest BCUT2D eigenvalue weighted by atomic mass is 10.0. The number of rotatable bonds is 4. The van der Waals surface area contributed by atoms with Gasteiger partial charge in [-0.15, -0.1) is 0 Å². The molecule has 1 amide bonds. The van der Waals surface area contributed by atoms with Gasteiger partial charge in [0, 0.05) is 25.6 Å². The molecule has 1 saturated carbocycles. The summed E-state index contributed by atoms with van der Waals surface area (Å²) in [7, 11) is 1.57. The number of nitrogen functional groups attached to an aromatic ring is 1. The predicted molar refractivity (Wildman–Crippen MR) is 77.8 cm³/mol. The third-order valence-electron chi connectivity index (χ3n) is 3.96. The van der Waals surface area contributed by atoms with E-state index in [4.69, 9.17) is 5.73 Å². The number of nitro groups is 1.